The number of nitrogens with one attached hydrogen (secondary N) is 10. The highest BCUT2D eigenvalue weighted by Crippen LogP contribution is 2.22. The number of fused-ring (bicyclic) bond motifs is 1. The average Bonchev–Trinajstić information content (AvgIpc) is 4.15. The van der Waals surface area contributed by atoms with Crippen LogP contribution in [0.5, 0.6) is 5.75 Å². The van der Waals surface area contributed by atoms with Gasteiger partial charge in [-0.3, -0.25) is 47.9 Å². The lowest BCUT2D eigenvalue weighted by Gasteiger charge is -2.32. The summed E-state index contributed by atoms with van der Waals surface area (Å²) in [6.45, 7) is 14.0. The lowest BCUT2D eigenvalue weighted by molar-refractivity contribution is -0.143. The number of aromatic nitrogens is 2. The number of nitrogens with two attached hydrogens (primary N) is 2. The summed E-state index contributed by atoms with van der Waals surface area (Å²) in [5, 5.41) is 34.4. The number of H-pyrrole nitrogens is 1. The van der Waals surface area contributed by atoms with Crippen molar-refractivity contribution in [3.8, 4) is 5.75 Å². The molecule has 0 spiro atoms. The molecule has 80 heavy (non-hydrogen) atoms. The van der Waals surface area contributed by atoms with Gasteiger partial charge in [-0.15, -0.1) is 0 Å². The molecule has 26 nitrogen and oxygen atoms in total. The van der Waals surface area contributed by atoms with Crippen molar-refractivity contribution in [2.75, 3.05) is 13.1 Å². The van der Waals surface area contributed by atoms with E-state index in [1.54, 1.807) is 67.5 Å². The van der Waals surface area contributed by atoms with E-state index in [-0.39, 0.29) is 50.9 Å². The first-order valence-electron chi connectivity index (χ1n) is 27.7. The second kappa shape index (κ2) is 31.1. The summed E-state index contributed by atoms with van der Waals surface area (Å²) >= 11 is 0. The third kappa shape index (κ3) is 18.7. The average molecular weight is 1120 g/mol. The maximum absolute atomic E-state index is 14.9. The molecule has 12 amide bonds. The number of hydrogen-bond donors (Lipinski definition) is 13. The number of amides is 12. The molecule has 1 aromatic heterocycles. The SMILES string of the molecule is CC[C@H](C)[C@@H]1NC(=O)[C@H](Cc2ccc(O)cc2)NC(=O)[C@H]([C@@H](C)CC)NC(=O)[C@H]([C@@H](C)CC)NC(=O)[C@H]([C@@H](C)CC)NC(=O)[C@H](CC(N)=O)NC(=O)[C@H](CCCNC(N)=O)NC(=O)[C@@H]2CCCN2C(=O)[C@H](Cc2cnc[nH]2)NC1=O. The number of phenolic OH excluding ortho intramolecular Hbond substituents is 1. The molecular formula is C54H84N14O12. The van der Waals surface area contributed by atoms with Crippen molar-refractivity contribution in [1.29, 1.82) is 0 Å². The van der Waals surface area contributed by atoms with E-state index in [4.69, 9.17) is 11.5 Å². The topological polar surface area (TPSA) is 400 Å². The molecule has 2 fully saturated rings. The Morgan fingerprint density at radius 1 is 0.613 bits per heavy atom. The van der Waals surface area contributed by atoms with E-state index >= 15 is 0 Å². The Morgan fingerprint density at radius 3 is 1.54 bits per heavy atom. The fourth-order valence-corrected chi connectivity index (χ4v) is 9.46. The Bertz CT molecular complexity index is 2480. The molecule has 442 valence electrons. The highest BCUT2D eigenvalue weighted by molar-refractivity contribution is 6.00. The number of primary amides is 2. The van der Waals surface area contributed by atoms with Crippen molar-refractivity contribution in [3.05, 3.63) is 48.0 Å². The number of aromatic amines is 1. The molecule has 13 atom stereocenters. The first-order chi connectivity index (χ1) is 37.9. The molecular weight excluding hydrogens is 1040 g/mol. The van der Waals surface area contributed by atoms with Crippen LogP contribution in [0, 0.1) is 23.7 Å². The van der Waals surface area contributed by atoms with Gasteiger partial charge in [0, 0.05) is 37.8 Å². The van der Waals surface area contributed by atoms with Crippen LogP contribution in [0.1, 0.15) is 124 Å². The maximum atomic E-state index is 14.9. The Kier molecular flexibility index (Phi) is 25.2. The summed E-state index contributed by atoms with van der Waals surface area (Å²) < 4.78 is 0. The standard InChI is InChI=1S/C54H84N14O12/c1-9-28(5)41-50(76)63-38(24-33-26-57-27-59-33)53(79)68-22-14-16-39(68)48(74)60-35(15-13-21-58-54(56)80)45(71)61-37(25-40(55)70)47(73)65-43(30(7)11-3)51(77)67-44(31(8)12-4)52(78)66-42(29(6)10-2)49(75)62-36(46(72)64-41)23-32-17-19-34(69)20-18-32/h17-20,26-31,35-39,41-44,69H,9-16,21-25H2,1-8H3,(H2,55,70)(H,57,59)(H,60,74)(H,61,71)(H,62,75)(H,63,76)(H,64,72)(H,65,73)(H,66,78)(H,67,77)(H3,56,58,80)/t28-,29-,30-,31-,35-,36-,37-,38-,39-,41-,42-,43-,44-/m0/s1. The second-order valence-corrected chi connectivity index (χ2v) is 21.2. The molecule has 1 aromatic carbocycles. The van der Waals surface area contributed by atoms with Gasteiger partial charge in [0.15, 0.2) is 0 Å². The highest BCUT2D eigenvalue weighted by atomic mass is 16.3. The van der Waals surface area contributed by atoms with Crippen LogP contribution in [0.2, 0.25) is 0 Å². The van der Waals surface area contributed by atoms with Gasteiger partial charge in [0.25, 0.3) is 0 Å². The smallest absolute Gasteiger partial charge is 0.312 e. The number of nitrogens with zero attached hydrogens (tertiary/aromatic N) is 2. The minimum atomic E-state index is -1.71. The van der Waals surface area contributed by atoms with E-state index in [1.165, 1.54) is 29.6 Å². The molecule has 2 aliphatic rings. The normalized spacial score (nSPS) is 26.0. The third-order valence-corrected chi connectivity index (χ3v) is 15.3. The van der Waals surface area contributed by atoms with Crippen LogP contribution in [-0.2, 0) is 60.8 Å². The Labute approximate surface area is 466 Å². The Hall–Kier alpha value is -7.80. The Morgan fingerprint density at radius 2 is 1.06 bits per heavy atom. The molecule has 0 saturated carbocycles. The van der Waals surface area contributed by atoms with Crippen molar-refractivity contribution in [3.63, 3.8) is 0 Å². The fourth-order valence-electron chi connectivity index (χ4n) is 9.46. The lowest BCUT2D eigenvalue weighted by Crippen LogP contribution is -2.63. The minimum Gasteiger partial charge on any atom is -0.508 e. The van der Waals surface area contributed by atoms with Gasteiger partial charge < -0.3 is 74.3 Å². The number of carbonyl (C=O) groups is 11. The first-order valence-corrected chi connectivity index (χ1v) is 27.7. The van der Waals surface area contributed by atoms with E-state index in [2.05, 4.69) is 57.8 Å². The highest BCUT2D eigenvalue weighted by Gasteiger charge is 2.42. The number of imidazole rings is 1. The molecule has 2 saturated heterocycles. The van der Waals surface area contributed by atoms with Gasteiger partial charge in [-0.1, -0.05) is 93.2 Å². The van der Waals surface area contributed by atoms with Crippen molar-refractivity contribution >= 4 is 65.1 Å². The van der Waals surface area contributed by atoms with E-state index in [0.29, 0.717) is 43.4 Å². The predicted octanol–water partition coefficient (Wildman–Crippen LogP) is -0.708. The molecule has 2 aliphatic heterocycles. The number of phenols is 1. The maximum Gasteiger partial charge on any atom is 0.312 e. The van der Waals surface area contributed by atoms with Crippen molar-refractivity contribution in [1.82, 2.24) is 62.7 Å². The van der Waals surface area contributed by atoms with Gasteiger partial charge >= 0.3 is 6.03 Å². The summed E-state index contributed by atoms with van der Waals surface area (Å²) in [6.07, 6.45) is 3.56. The molecule has 26 heteroatoms. The molecule has 4 rings (SSSR count). The van der Waals surface area contributed by atoms with Gasteiger partial charge in [0.2, 0.25) is 59.1 Å². The summed E-state index contributed by atoms with van der Waals surface area (Å²) in [7, 11) is 0. The van der Waals surface area contributed by atoms with Gasteiger partial charge in [-0.25, -0.2) is 9.78 Å². The van der Waals surface area contributed by atoms with Crippen molar-refractivity contribution in [2.24, 2.45) is 35.1 Å². The molecule has 15 N–H and O–H groups in total. The van der Waals surface area contributed by atoms with Gasteiger partial charge in [0.05, 0.1) is 12.7 Å². The van der Waals surface area contributed by atoms with E-state index < -0.39 is 150 Å². The van der Waals surface area contributed by atoms with Gasteiger partial charge in [-0.2, -0.15) is 0 Å². The van der Waals surface area contributed by atoms with Crippen LogP contribution >= 0.6 is 0 Å². The summed E-state index contributed by atoms with van der Waals surface area (Å²) in [4.78, 5) is 163. The van der Waals surface area contributed by atoms with Crippen LogP contribution in [-0.4, -0.2) is 153 Å². The lowest BCUT2D eigenvalue weighted by atomic mass is 9.93. The predicted molar refractivity (Wildman–Crippen MR) is 293 cm³/mol. The number of urea groups is 1. The first kappa shape index (κ1) is 64.7. The summed E-state index contributed by atoms with van der Waals surface area (Å²) in [6, 6.07) is -7.29. The minimum absolute atomic E-state index is 0.0349. The van der Waals surface area contributed by atoms with Crippen LogP contribution in [0.25, 0.3) is 0 Å². The van der Waals surface area contributed by atoms with Crippen molar-refractivity contribution in [2.45, 2.75) is 180 Å². The van der Waals surface area contributed by atoms with Crippen LogP contribution < -0.4 is 59.3 Å². The number of hydrogen-bond acceptors (Lipinski definition) is 13. The van der Waals surface area contributed by atoms with Crippen molar-refractivity contribution < 1.29 is 57.8 Å². The van der Waals surface area contributed by atoms with E-state index in [9.17, 15) is 57.8 Å². The van der Waals surface area contributed by atoms with Crippen LogP contribution in [0.15, 0.2) is 36.8 Å². The Balaban J connectivity index is 1.90. The number of carbonyl (C=O) groups excluding carboxylic acids is 11. The quantitative estimate of drug-likeness (QED) is 0.0822. The molecule has 0 bridgehead atoms. The number of rotatable bonds is 18. The zero-order chi connectivity index (χ0) is 59.4. The van der Waals surface area contributed by atoms with Gasteiger partial charge in [-0.05, 0) is 67.1 Å². The molecule has 0 radical (unpaired) electrons. The molecule has 0 aliphatic carbocycles. The fraction of sp³-hybridized carbons (Fsp3) is 0.630. The molecule has 3 heterocycles. The molecule has 0 unspecified atom stereocenters. The van der Waals surface area contributed by atoms with Gasteiger partial charge in [0.1, 0.15) is 60.1 Å². The van der Waals surface area contributed by atoms with E-state index in [1.807, 2.05) is 0 Å². The number of aromatic hydroxyl groups is 1. The molecule has 2 aromatic rings. The van der Waals surface area contributed by atoms with Crippen LogP contribution in [0.4, 0.5) is 4.79 Å². The second-order valence-electron chi connectivity index (χ2n) is 21.2. The number of benzene rings is 1. The summed E-state index contributed by atoms with van der Waals surface area (Å²) in [5.41, 5.74) is 11.8. The zero-order valence-electron chi connectivity index (χ0n) is 47.1. The largest absolute Gasteiger partial charge is 0.508 e. The monoisotopic (exact) mass is 1120 g/mol. The third-order valence-electron chi connectivity index (χ3n) is 15.3. The zero-order valence-corrected chi connectivity index (χ0v) is 47.1. The summed E-state index contributed by atoms with van der Waals surface area (Å²) in [5.74, 6) is -10.7. The van der Waals surface area contributed by atoms with E-state index in [0.717, 1.165) is 0 Å². The van der Waals surface area contributed by atoms with Crippen LogP contribution in [0.3, 0.4) is 0 Å².